The van der Waals surface area contributed by atoms with Crippen LogP contribution in [0.15, 0.2) is 121 Å². The van der Waals surface area contributed by atoms with Crippen molar-refractivity contribution in [1.29, 1.82) is 0 Å². The summed E-state index contributed by atoms with van der Waals surface area (Å²) >= 11 is 7.02. The maximum absolute atomic E-state index is 7.02. The third kappa shape index (κ3) is 4.25. The summed E-state index contributed by atoms with van der Waals surface area (Å²) in [6.45, 7) is 1.54. The fourth-order valence-corrected chi connectivity index (χ4v) is 32.3. The topological polar surface area (TPSA) is 0 Å². The van der Waals surface area contributed by atoms with Crippen LogP contribution in [0.4, 0.5) is 0 Å². The Hall–Kier alpha value is -1.54. The van der Waals surface area contributed by atoms with Crippen molar-refractivity contribution in [3.63, 3.8) is 0 Å². The van der Waals surface area contributed by atoms with Gasteiger partial charge in [-0.1, -0.05) is 72.8 Å². The van der Waals surface area contributed by atoms with Crippen LogP contribution >= 0.6 is 32.8 Å². The summed E-state index contributed by atoms with van der Waals surface area (Å²) in [6.07, 6.45) is 0. The molecular weight excluding hydrogens is 453 g/mol. The van der Waals surface area contributed by atoms with Gasteiger partial charge in [0.2, 0.25) is 7.30 Å². The van der Waals surface area contributed by atoms with E-state index in [4.69, 9.17) is 11.6 Å². The smallest absolute Gasteiger partial charge is 0.114 e. The van der Waals surface area contributed by atoms with Gasteiger partial charge in [0.25, 0.3) is 0 Å². The molecule has 0 aliphatic heterocycles. The molecule has 156 valence electrons. The second-order valence-electron chi connectivity index (χ2n) is 7.75. The van der Waals surface area contributed by atoms with Gasteiger partial charge < -0.3 is 0 Å². The quantitative estimate of drug-likeness (QED) is 0.196. The molecule has 31 heavy (non-hydrogen) atoms. The largest absolute Gasteiger partial charge is 0.244 e. The Kier molecular flexibility index (Phi) is 7.26. The van der Waals surface area contributed by atoms with Gasteiger partial charge in [-0.25, -0.2) is 0 Å². The van der Waals surface area contributed by atoms with Crippen molar-refractivity contribution in [1.82, 2.24) is 0 Å². The zero-order valence-corrected chi connectivity index (χ0v) is 21.4. The van der Waals surface area contributed by atoms with Crippen LogP contribution in [0.25, 0.3) is 0 Å². The molecule has 0 heterocycles. The van der Waals surface area contributed by atoms with Crippen molar-refractivity contribution >= 4 is 54.0 Å². The molecule has 4 heteroatoms. The zero-order chi connectivity index (χ0) is 21.7. The number of halogens is 1. The number of benzene rings is 4. The van der Waals surface area contributed by atoms with Crippen molar-refractivity contribution < 1.29 is 0 Å². The lowest BCUT2D eigenvalue weighted by Crippen LogP contribution is -2.26. The first-order valence-corrected chi connectivity index (χ1v) is 18.4. The lowest BCUT2D eigenvalue weighted by atomic mass is 10.4. The Bertz CT molecular complexity index is 918. The van der Waals surface area contributed by atoms with Gasteiger partial charge in [-0.15, -0.1) is 11.6 Å². The molecule has 0 atom stereocenters. The first-order valence-electron chi connectivity index (χ1n) is 10.4. The number of hydrogen-bond donors (Lipinski definition) is 0. The van der Waals surface area contributed by atoms with Gasteiger partial charge in [-0.3, -0.25) is 0 Å². The average Bonchev–Trinajstić information content (AvgIpc) is 2.86. The Labute approximate surface area is 193 Å². The van der Waals surface area contributed by atoms with Gasteiger partial charge in [-0.05, 0) is 48.5 Å². The molecule has 0 unspecified atom stereocenters. The highest BCUT2D eigenvalue weighted by molar-refractivity contribution is 8.75. The standard InChI is InChI=1S/C27H28ClP3/c1-30(24-15-7-3-8-16-24,25-17-9-4-10-18-25)29(23-28)31(2,26-19-11-5-12-20-26)27-21-13-6-14-22-27/h3-22H,23H2,1-2H3/q+2. The highest BCUT2D eigenvalue weighted by atomic mass is 35.5. The first-order chi connectivity index (χ1) is 15.1. The molecule has 0 amide bonds. The second-order valence-corrected chi connectivity index (χ2v) is 24.0. The molecule has 0 saturated carbocycles. The molecule has 0 spiro atoms. The lowest BCUT2D eigenvalue weighted by Gasteiger charge is -2.35. The zero-order valence-electron chi connectivity index (χ0n) is 18.0. The first kappa shape index (κ1) is 22.6. The SMILES string of the molecule is C[P+](c1ccccc1)(c1ccccc1)P(CCl)[P+](C)(c1ccccc1)c1ccccc1. The minimum Gasteiger partial charge on any atom is -0.114 e. The molecular formula is C27H28ClP3+2. The van der Waals surface area contributed by atoms with Gasteiger partial charge in [0, 0.05) is 0 Å². The van der Waals surface area contributed by atoms with Crippen molar-refractivity contribution in [3.05, 3.63) is 121 Å². The predicted octanol–water partition coefficient (Wildman–Crippen LogP) is 7.09. The van der Waals surface area contributed by atoms with Crippen molar-refractivity contribution in [2.24, 2.45) is 0 Å². The molecule has 4 aromatic carbocycles. The molecule has 0 N–H and O–H groups in total. The number of hydrogen-bond acceptors (Lipinski definition) is 0. The van der Waals surface area contributed by atoms with Crippen molar-refractivity contribution in [2.75, 3.05) is 19.0 Å². The average molecular weight is 481 g/mol. The molecule has 0 bridgehead atoms. The summed E-state index contributed by atoms with van der Waals surface area (Å²) < 4.78 is 0. The highest BCUT2D eigenvalue weighted by Crippen LogP contribution is 2.99. The van der Waals surface area contributed by atoms with E-state index in [2.05, 4.69) is 135 Å². The van der Waals surface area contributed by atoms with Crippen LogP contribution in [-0.2, 0) is 0 Å². The van der Waals surface area contributed by atoms with Gasteiger partial charge in [-0.2, -0.15) is 0 Å². The molecule has 0 aliphatic carbocycles. The van der Waals surface area contributed by atoms with Crippen molar-refractivity contribution in [2.45, 2.75) is 0 Å². The van der Waals surface area contributed by atoms with E-state index in [1.54, 1.807) is 0 Å². The third-order valence-corrected chi connectivity index (χ3v) is 30.7. The molecule has 4 aromatic rings. The van der Waals surface area contributed by atoms with E-state index in [0.717, 1.165) is 0 Å². The summed E-state index contributed by atoms with van der Waals surface area (Å²) in [5, 5.41) is 5.80. The number of rotatable bonds is 7. The maximum Gasteiger partial charge on any atom is 0.244 e. The van der Waals surface area contributed by atoms with Gasteiger partial charge >= 0.3 is 0 Å². The fourth-order valence-electron chi connectivity index (χ4n) is 4.28. The van der Waals surface area contributed by atoms with E-state index in [-0.39, 0.29) is 0 Å². The Balaban J connectivity index is 2.02. The van der Waals surface area contributed by atoms with Crippen molar-refractivity contribution in [3.8, 4) is 0 Å². The molecule has 4 rings (SSSR count). The van der Waals surface area contributed by atoms with E-state index >= 15 is 0 Å². The molecule has 0 saturated heterocycles. The van der Waals surface area contributed by atoms with Gasteiger partial charge in [0.1, 0.15) is 40.7 Å². The maximum atomic E-state index is 7.02. The number of alkyl halides is 1. The van der Waals surface area contributed by atoms with Crippen LogP contribution in [0.3, 0.4) is 0 Å². The van der Waals surface area contributed by atoms with Crippen LogP contribution in [0, 0.1) is 0 Å². The molecule has 0 aliphatic rings. The van der Waals surface area contributed by atoms with E-state index in [1.807, 2.05) is 0 Å². The summed E-state index contributed by atoms with van der Waals surface area (Å²) in [4.78, 5) is 0. The summed E-state index contributed by atoms with van der Waals surface area (Å²) in [5.41, 5.74) is 0.692. The fraction of sp³-hybridized carbons (Fsp3) is 0.111. The summed E-state index contributed by atoms with van der Waals surface area (Å²) in [7, 11) is -0.567. The second kappa shape index (κ2) is 9.94. The normalized spacial score (nSPS) is 12.1. The van der Waals surface area contributed by atoms with Crippen LogP contribution in [-0.4, -0.2) is 19.0 Å². The highest BCUT2D eigenvalue weighted by Gasteiger charge is 2.63. The van der Waals surface area contributed by atoms with E-state index in [1.165, 1.54) is 21.2 Å². The van der Waals surface area contributed by atoms with Gasteiger partial charge in [0.05, 0.1) is 13.3 Å². The van der Waals surface area contributed by atoms with Crippen LogP contribution in [0.2, 0.25) is 0 Å². The van der Waals surface area contributed by atoms with E-state index in [0.29, 0.717) is 5.62 Å². The molecule has 0 radical (unpaired) electrons. The molecule has 0 fully saturated rings. The predicted molar refractivity (Wildman–Crippen MR) is 148 cm³/mol. The van der Waals surface area contributed by atoms with E-state index < -0.39 is 21.2 Å². The monoisotopic (exact) mass is 480 g/mol. The van der Waals surface area contributed by atoms with Crippen LogP contribution in [0.5, 0.6) is 0 Å². The third-order valence-electron chi connectivity index (χ3n) is 6.07. The Morgan fingerprint density at radius 3 is 0.903 bits per heavy atom. The van der Waals surface area contributed by atoms with Crippen LogP contribution in [0.1, 0.15) is 0 Å². The lowest BCUT2D eigenvalue weighted by molar-refractivity contribution is 1.74. The van der Waals surface area contributed by atoms with Crippen LogP contribution < -0.4 is 21.2 Å². The van der Waals surface area contributed by atoms with E-state index in [9.17, 15) is 0 Å². The van der Waals surface area contributed by atoms with Gasteiger partial charge in [0.15, 0.2) is 0 Å². The summed E-state index contributed by atoms with van der Waals surface area (Å²) in [6, 6.07) is 44.5. The molecule has 0 aromatic heterocycles. The summed E-state index contributed by atoms with van der Waals surface area (Å²) in [5.74, 6) is 0. The molecule has 0 nitrogen and oxygen atoms in total. The minimum absolute atomic E-state index is 0.567. The Morgan fingerprint density at radius 2 is 0.710 bits per heavy atom. The minimum atomic E-state index is -1.75. The Morgan fingerprint density at radius 1 is 0.484 bits per heavy atom.